The van der Waals surface area contributed by atoms with E-state index in [0.29, 0.717) is 16.5 Å². The van der Waals surface area contributed by atoms with Gasteiger partial charge in [-0.2, -0.15) is 5.26 Å². The van der Waals surface area contributed by atoms with E-state index in [1.165, 1.54) is 0 Å². The molecule has 98 valence electrons. The van der Waals surface area contributed by atoms with Crippen LogP contribution in [0.4, 0.5) is 5.69 Å². The number of anilines is 1. The monoisotopic (exact) mass is 266 g/mol. The Kier molecular flexibility index (Phi) is 6.56. The largest absolute Gasteiger partial charge is 0.396 e. The van der Waals surface area contributed by atoms with Crippen LogP contribution in [0.5, 0.6) is 0 Å². The lowest BCUT2D eigenvalue weighted by molar-refractivity contribution is 0.255. The molecular weight excluding hydrogens is 248 g/mol. The van der Waals surface area contributed by atoms with Crippen LogP contribution in [-0.2, 0) is 0 Å². The Morgan fingerprint density at radius 1 is 1.44 bits per heavy atom. The molecule has 3 nitrogen and oxygen atoms in total. The third-order valence-corrected chi connectivity index (χ3v) is 3.23. The molecule has 0 aromatic heterocycles. The summed E-state index contributed by atoms with van der Waals surface area (Å²) < 4.78 is 0. The highest BCUT2D eigenvalue weighted by Gasteiger charge is 2.07. The molecule has 1 aromatic rings. The van der Waals surface area contributed by atoms with E-state index < -0.39 is 0 Å². The van der Waals surface area contributed by atoms with Crippen LogP contribution in [0.25, 0.3) is 0 Å². The number of nitrogens with one attached hydrogen (secondary N) is 1. The van der Waals surface area contributed by atoms with Crippen LogP contribution < -0.4 is 5.32 Å². The van der Waals surface area contributed by atoms with E-state index >= 15 is 0 Å². The fourth-order valence-corrected chi connectivity index (χ4v) is 2.14. The molecule has 1 atom stereocenters. The van der Waals surface area contributed by atoms with Gasteiger partial charge in [0.25, 0.3) is 0 Å². The van der Waals surface area contributed by atoms with Gasteiger partial charge in [-0.05, 0) is 37.0 Å². The van der Waals surface area contributed by atoms with E-state index in [9.17, 15) is 0 Å². The summed E-state index contributed by atoms with van der Waals surface area (Å²) in [5, 5.41) is 21.5. The quantitative estimate of drug-likeness (QED) is 0.795. The summed E-state index contributed by atoms with van der Waals surface area (Å²) in [7, 11) is 0. The molecule has 4 heteroatoms. The highest BCUT2D eigenvalue weighted by atomic mass is 35.5. The number of halogens is 1. The van der Waals surface area contributed by atoms with Gasteiger partial charge in [0, 0.05) is 18.8 Å². The van der Waals surface area contributed by atoms with Gasteiger partial charge in [-0.3, -0.25) is 0 Å². The summed E-state index contributed by atoms with van der Waals surface area (Å²) in [4.78, 5) is 0. The van der Waals surface area contributed by atoms with Crippen molar-refractivity contribution in [2.75, 3.05) is 18.5 Å². The lowest BCUT2D eigenvalue weighted by Gasteiger charge is -2.16. The van der Waals surface area contributed by atoms with E-state index in [-0.39, 0.29) is 6.61 Å². The van der Waals surface area contributed by atoms with Gasteiger partial charge in [-0.1, -0.05) is 24.9 Å². The molecule has 18 heavy (non-hydrogen) atoms. The molecule has 0 aliphatic heterocycles. The number of rotatable bonds is 7. The van der Waals surface area contributed by atoms with Crippen molar-refractivity contribution in [3.63, 3.8) is 0 Å². The maximum absolute atomic E-state index is 8.99. The van der Waals surface area contributed by atoms with Crippen molar-refractivity contribution in [3.05, 3.63) is 28.8 Å². The highest BCUT2D eigenvalue weighted by molar-refractivity contribution is 6.32. The van der Waals surface area contributed by atoms with Crippen LogP contribution in [0, 0.1) is 17.2 Å². The number of hydrogen-bond donors (Lipinski definition) is 2. The van der Waals surface area contributed by atoms with Gasteiger partial charge < -0.3 is 10.4 Å². The predicted octanol–water partition coefficient (Wildman–Crippen LogP) is 3.42. The number of aliphatic hydroxyl groups excluding tert-OH is 1. The Morgan fingerprint density at radius 3 is 2.78 bits per heavy atom. The lowest BCUT2D eigenvalue weighted by Crippen LogP contribution is -2.15. The minimum absolute atomic E-state index is 0.223. The van der Waals surface area contributed by atoms with Crippen molar-refractivity contribution in [3.8, 4) is 6.07 Å². The van der Waals surface area contributed by atoms with Crippen molar-refractivity contribution in [2.24, 2.45) is 5.92 Å². The number of aliphatic hydroxyl groups is 1. The molecule has 1 rings (SSSR count). The Labute approximate surface area is 113 Å². The fourth-order valence-electron chi connectivity index (χ4n) is 1.92. The van der Waals surface area contributed by atoms with Crippen LogP contribution in [0.15, 0.2) is 18.2 Å². The number of nitriles is 1. The zero-order chi connectivity index (χ0) is 13.4. The number of benzene rings is 1. The Bertz CT molecular complexity index is 409. The Hall–Kier alpha value is -1.24. The first kappa shape index (κ1) is 14.8. The normalized spacial score (nSPS) is 11.9. The molecule has 1 aromatic carbocycles. The molecule has 0 saturated carbocycles. The number of nitrogens with zero attached hydrogens (tertiary/aromatic N) is 1. The van der Waals surface area contributed by atoms with E-state index in [4.69, 9.17) is 22.0 Å². The third kappa shape index (κ3) is 4.56. The summed E-state index contributed by atoms with van der Waals surface area (Å²) in [6.45, 7) is 3.18. The predicted molar refractivity (Wildman–Crippen MR) is 74.8 cm³/mol. The van der Waals surface area contributed by atoms with Gasteiger partial charge in [0.2, 0.25) is 0 Å². The van der Waals surface area contributed by atoms with Crippen molar-refractivity contribution < 1.29 is 5.11 Å². The molecule has 2 N–H and O–H groups in total. The number of hydrogen-bond acceptors (Lipinski definition) is 3. The minimum Gasteiger partial charge on any atom is -0.396 e. The molecule has 1 unspecified atom stereocenters. The molecule has 0 aliphatic carbocycles. The molecule has 0 saturated heterocycles. The maximum atomic E-state index is 8.99. The van der Waals surface area contributed by atoms with Crippen LogP contribution in [-0.4, -0.2) is 18.3 Å². The summed E-state index contributed by atoms with van der Waals surface area (Å²) in [6.07, 6.45) is 3.02. The SMILES string of the molecule is CCCC(CCO)CNc1ccc(C#N)c(Cl)c1. The second-order valence-electron chi connectivity index (χ2n) is 4.35. The van der Waals surface area contributed by atoms with E-state index in [1.807, 2.05) is 12.1 Å². The van der Waals surface area contributed by atoms with Crippen molar-refractivity contribution >= 4 is 17.3 Å². The van der Waals surface area contributed by atoms with Gasteiger partial charge in [0.15, 0.2) is 0 Å². The zero-order valence-electron chi connectivity index (χ0n) is 10.6. The van der Waals surface area contributed by atoms with Gasteiger partial charge in [-0.25, -0.2) is 0 Å². The van der Waals surface area contributed by atoms with Crippen LogP contribution in [0.3, 0.4) is 0 Å². The molecule has 0 bridgehead atoms. The molecule has 0 amide bonds. The average molecular weight is 267 g/mol. The molecule has 0 spiro atoms. The fraction of sp³-hybridized carbons (Fsp3) is 0.500. The highest BCUT2D eigenvalue weighted by Crippen LogP contribution is 2.21. The Balaban J connectivity index is 2.56. The summed E-state index contributed by atoms with van der Waals surface area (Å²) >= 11 is 5.96. The van der Waals surface area contributed by atoms with Crippen LogP contribution >= 0.6 is 11.6 Å². The van der Waals surface area contributed by atoms with Crippen LogP contribution in [0.2, 0.25) is 5.02 Å². The summed E-state index contributed by atoms with van der Waals surface area (Å²) in [6, 6.07) is 7.37. The van der Waals surface area contributed by atoms with Crippen LogP contribution in [0.1, 0.15) is 31.7 Å². The zero-order valence-corrected chi connectivity index (χ0v) is 11.4. The smallest absolute Gasteiger partial charge is 0.101 e. The first-order chi connectivity index (χ1) is 8.71. The van der Waals surface area contributed by atoms with Gasteiger partial charge >= 0.3 is 0 Å². The second kappa shape index (κ2) is 7.97. The van der Waals surface area contributed by atoms with Crippen molar-refractivity contribution in [1.82, 2.24) is 0 Å². The molecule has 0 aliphatic rings. The summed E-state index contributed by atoms with van der Waals surface area (Å²) in [5.74, 6) is 0.467. The topological polar surface area (TPSA) is 56.0 Å². The third-order valence-electron chi connectivity index (χ3n) is 2.92. The molecule has 0 radical (unpaired) electrons. The molecule has 0 heterocycles. The average Bonchev–Trinajstić information content (AvgIpc) is 2.36. The maximum Gasteiger partial charge on any atom is 0.101 e. The lowest BCUT2D eigenvalue weighted by atomic mass is 10.00. The van der Waals surface area contributed by atoms with E-state index in [0.717, 1.165) is 31.5 Å². The van der Waals surface area contributed by atoms with E-state index in [2.05, 4.69) is 12.2 Å². The molecular formula is C14H19ClN2O. The minimum atomic E-state index is 0.223. The Morgan fingerprint density at radius 2 is 2.22 bits per heavy atom. The van der Waals surface area contributed by atoms with Crippen molar-refractivity contribution in [2.45, 2.75) is 26.2 Å². The van der Waals surface area contributed by atoms with Gasteiger partial charge in [0.1, 0.15) is 6.07 Å². The summed E-state index contributed by atoms with van der Waals surface area (Å²) in [5.41, 5.74) is 1.40. The van der Waals surface area contributed by atoms with Crippen molar-refractivity contribution in [1.29, 1.82) is 5.26 Å². The molecule has 0 fully saturated rings. The van der Waals surface area contributed by atoms with E-state index in [1.54, 1.807) is 12.1 Å². The first-order valence-electron chi connectivity index (χ1n) is 6.25. The van der Waals surface area contributed by atoms with Gasteiger partial charge in [-0.15, -0.1) is 0 Å². The standard InChI is InChI=1S/C14H19ClN2O/c1-2-3-11(6-7-18)10-17-13-5-4-12(9-16)14(15)8-13/h4-5,8,11,17-18H,2-3,6-7,10H2,1H3. The first-order valence-corrected chi connectivity index (χ1v) is 6.63. The second-order valence-corrected chi connectivity index (χ2v) is 4.76. The van der Waals surface area contributed by atoms with Gasteiger partial charge in [0.05, 0.1) is 10.6 Å².